The Hall–Kier alpha value is -2.48. The van der Waals surface area contributed by atoms with E-state index in [2.05, 4.69) is 10.5 Å². The van der Waals surface area contributed by atoms with Crippen molar-refractivity contribution in [3.63, 3.8) is 0 Å². The smallest absolute Gasteiger partial charge is 0.244 e. The van der Waals surface area contributed by atoms with Crippen molar-refractivity contribution in [2.75, 3.05) is 42.9 Å². The molecule has 4 N–H and O–H groups in total. The van der Waals surface area contributed by atoms with Crippen LogP contribution in [-0.2, 0) is 14.8 Å². The number of carbonyl (C=O) groups excluding carboxylic acids is 1. The summed E-state index contributed by atoms with van der Waals surface area (Å²) in [5, 5.41) is 17.4. The third-order valence-electron chi connectivity index (χ3n) is 4.90. The van der Waals surface area contributed by atoms with Crippen LogP contribution < -0.4 is 15.4 Å². The summed E-state index contributed by atoms with van der Waals surface area (Å²) in [6.07, 6.45) is 0. The van der Waals surface area contributed by atoms with Gasteiger partial charge in [0.15, 0.2) is 28.2 Å². The van der Waals surface area contributed by atoms with Gasteiger partial charge in [-0.25, -0.2) is 31.1 Å². The van der Waals surface area contributed by atoms with Gasteiger partial charge in [-0.15, -0.1) is 0 Å². The molecule has 1 aliphatic rings. The number of halogens is 6. The first-order valence-electron chi connectivity index (χ1n) is 9.16. The minimum atomic E-state index is -5.06. The van der Waals surface area contributed by atoms with Crippen LogP contribution in [-0.4, -0.2) is 57.1 Å². The zero-order valence-corrected chi connectivity index (χ0v) is 18.8. The number of nitrogens with zero attached hydrogens (tertiary/aromatic N) is 2. The van der Waals surface area contributed by atoms with Crippen LogP contribution in [0.25, 0.3) is 0 Å². The molecule has 0 radical (unpaired) electrons. The molecule has 180 valence electrons. The molecule has 2 aromatic carbocycles. The molecule has 0 aliphatic carbocycles. The highest BCUT2D eigenvalue weighted by molar-refractivity contribution is 7.89. The predicted molar refractivity (Wildman–Crippen MR) is 113 cm³/mol. The summed E-state index contributed by atoms with van der Waals surface area (Å²) in [6, 6.07) is 2.52. The lowest BCUT2D eigenvalue weighted by atomic mass is 10.2. The van der Waals surface area contributed by atoms with E-state index in [1.54, 1.807) is 0 Å². The highest BCUT2D eigenvalue weighted by Crippen LogP contribution is 2.34. The monoisotopic (exact) mass is 530 g/mol. The Kier molecular flexibility index (Phi) is 7.17. The average molecular weight is 531 g/mol. The first kappa shape index (κ1) is 25.1. The van der Waals surface area contributed by atoms with Crippen LogP contribution in [0.1, 0.15) is 0 Å². The van der Waals surface area contributed by atoms with Gasteiger partial charge in [-0.2, -0.15) is 0 Å². The Bertz CT molecular complexity index is 1200. The second-order valence-electron chi connectivity index (χ2n) is 6.98. The molecule has 3 rings (SSSR count). The second-order valence-corrected chi connectivity index (χ2v) is 9.30. The Labute approximate surface area is 195 Å². The number of anilines is 2. The van der Waals surface area contributed by atoms with Crippen molar-refractivity contribution < 1.29 is 35.9 Å². The number of sulfonamides is 1. The van der Waals surface area contributed by atoms with Crippen molar-refractivity contribution in [1.29, 1.82) is 0 Å². The molecule has 1 fully saturated rings. The first-order chi connectivity index (χ1) is 15.3. The number of rotatable bonds is 5. The SMILES string of the molecule is NS(=O)(=O)c1c(F)c(F)c(N2CCN(C(=O)CNc3cc(Cl)c(Cl)cc3O)CC2)c(F)c1F. The molecule has 1 heterocycles. The first-order valence-corrected chi connectivity index (χ1v) is 11.5. The van der Waals surface area contributed by atoms with E-state index in [0.29, 0.717) is 0 Å². The van der Waals surface area contributed by atoms with Gasteiger partial charge in [0.2, 0.25) is 15.9 Å². The van der Waals surface area contributed by atoms with E-state index >= 15 is 0 Å². The van der Waals surface area contributed by atoms with E-state index in [9.17, 15) is 35.9 Å². The van der Waals surface area contributed by atoms with Gasteiger partial charge < -0.3 is 20.2 Å². The van der Waals surface area contributed by atoms with Crippen LogP contribution in [0.3, 0.4) is 0 Å². The number of piperazine rings is 1. The van der Waals surface area contributed by atoms with Crippen molar-refractivity contribution >= 4 is 50.5 Å². The fourth-order valence-corrected chi connectivity index (χ4v) is 4.27. The van der Waals surface area contributed by atoms with E-state index < -0.39 is 49.8 Å². The zero-order chi connectivity index (χ0) is 24.7. The summed E-state index contributed by atoms with van der Waals surface area (Å²) in [7, 11) is -5.06. The van der Waals surface area contributed by atoms with Crippen LogP contribution >= 0.6 is 23.2 Å². The number of benzene rings is 2. The van der Waals surface area contributed by atoms with Crippen LogP contribution in [0, 0.1) is 23.3 Å². The van der Waals surface area contributed by atoms with Crippen molar-refractivity contribution in [2.24, 2.45) is 5.14 Å². The van der Waals surface area contributed by atoms with Gasteiger partial charge in [-0.3, -0.25) is 4.79 Å². The molecule has 0 unspecified atom stereocenters. The lowest BCUT2D eigenvalue weighted by Crippen LogP contribution is -2.50. The molecule has 1 saturated heterocycles. The van der Waals surface area contributed by atoms with Crippen molar-refractivity contribution in [2.45, 2.75) is 4.90 Å². The molecule has 2 aromatic rings. The van der Waals surface area contributed by atoms with Crippen LogP contribution in [0.5, 0.6) is 5.75 Å². The van der Waals surface area contributed by atoms with Gasteiger partial charge in [0, 0.05) is 32.2 Å². The Morgan fingerprint density at radius 1 is 1.00 bits per heavy atom. The maximum atomic E-state index is 14.4. The standard InChI is InChI=1S/C18H16Cl2F4N4O4S/c19-8-5-10(11(29)6-9(8)20)26-7-12(30)27-1-3-28(4-2-27)17-13(21)15(23)18(33(25,31)32)16(24)14(17)22/h5-6,26,29H,1-4,7H2,(H2,25,31,32). The summed E-state index contributed by atoms with van der Waals surface area (Å²) >= 11 is 11.6. The number of hydrogen-bond donors (Lipinski definition) is 3. The largest absolute Gasteiger partial charge is 0.506 e. The molecular formula is C18H16Cl2F4N4O4S. The highest BCUT2D eigenvalue weighted by Gasteiger charge is 2.34. The van der Waals surface area contributed by atoms with E-state index in [0.717, 1.165) is 4.90 Å². The molecular weight excluding hydrogens is 515 g/mol. The summed E-state index contributed by atoms with van der Waals surface area (Å²) < 4.78 is 79.6. The molecule has 1 amide bonds. The number of nitrogens with one attached hydrogen (secondary N) is 1. The van der Waals surface area contributed by atoms with Crippen molar-refractivity contribution in [3.05, 3.63) is 45.4 Å². The Balaban J connectivity index is 1.70. The molecule has 15 heteroatoms. The summed E-state index contributed by atoms with van der Waals surface area (Å²) in [6.45, 7) is -0.795. The zero-order valence-electron chi connectivity index (χ0n) is 16.5. The number of nitrogens with two attached hydrogens (primary N) is 1. The summed E-state index contributed by atoms with van der Waals surface area (Å²) in [4.78, 5) is 12.8. The number of phenols is 1. The summed E-state index contributed by atoms with van der Waals surface area (Å²) in [5.41, 5.74) is -0.940. The third-order valence-corrected chi connectivity index (χ3v) is 6.55. The average Bonchev–Trinajstić information content (AvgIpc) is 2.73. The highest BCUT2D eigenvalue weighted by atomic mass is 35.5. The molecule has 0 bridgehead atoms. The molecule has 0 atom stereocenters. The Morgan fingerprint density at radius 3 is 2.03 bits per heavy atom. The van der Waals surface area contributed by atoms with E-state index in [4.69, 9.17) is 23.2 Å². The van der Waals surface area contributed by atoms with E-state index in [1.807, 2.05) is 0 Å². The van der Waals surface area contributed by atoms with Gasteiger partial charge in [0.1, 0.15) is 11.4 Å². The van der Waals surface area contributed by atoms with E-state index in [-0.39, 0.29) is 54.2 Å². The normalized spacial score (nSPS) is 14.5. The van der Waals surface area contributed by atoms with Gasteiger partial charge in [-0.05, 0) is 6.07 Å². The van der Waals surface area contributed by atoms with Crippen LogP contribution in [0.2, 0.25) is 10.0 Å². The molecule has 1 aliphatic heterocycles. The minimum Gasteiger partial charge on any atom is -0.506 e. The lowest BCUT2D eigenvalue weighted by molar-refractivity contribution is -0.129. The predicted octanol–water partition coefficient (Wildman–Crippen LogP) is 2.66. The maximum absolute atomic E-state index is 14.4. The molecule has 0 aromatic heterocycles. The lowest BCUT2D eigenvalue weighted by Gasteiger charge is -2.36. The molecule has 8 nitrogen and oxygen atoms in total. The number of phenolic OH excluding ortho intramolecular Hbond substituents is 1. The van der Waals surface area contributed by atoms with Crippen molar-refractivity contribution in [1.82, 2.24) is 4.90 Å². The second kappa shape index (κ2) is 9.41. The number of carbonyl (C=O) groups is 1. The van der Waals surface area contributed by atoms with E-state index in [1.165, 1.54) is 17.0 Å². The Morgan fingerprint density at radius 2 is 1.52 bits per heavy atom. The number of primary sulfonamides is 1. The fraction of sp³-hybridized carbons (Fsp3) is 0.278. The van der Waals surface area contributed by atoms with Crippen molar-refractivity contribution in [3.8, 4) is 5.75 Å². The van der Waals surface area contributed by atoms with Gasteiger partial charge in [0.25, 0.3) is 0 Å². The fourth-order valence-electron chi connectivity index (χ4n) is 3.27. The van der Waals surface area contributed by atoms with Gasteiger partial charge in [-0.1, -0.05) is 23.2 Å². The van der Waals surface area contributed by atoms with Crippen LogP contribution in [0.4, 0.5) is 28.9 Å². The number of amides is 1. The topological polar surface area (TPSA) is 116 Å². The van der Waals surface area contributed by atoms with Crippen LogP contribution in [0.15, 0.2) is 17.0 Å². The van der Waals surface area contributed by atoms with Gasteiger partial charge in [0.05, 0.1) is 22.3 Å². The summed E-state index contributed by atoms with van der Waals surface area (Å²) in [5.74, 6) is -8.75. The molecule has 33 heavy (non-hydrogen) atoms. The maximum Gasteiger partial charge on any atom is 0.244 e. The minimum absolute atomic E-state index is 0.0626. The number of aromatic hydroxyl groups is 1. The molecule has 0 spiro atoms. The quantitative estimate of drug-likeness (QED) is 0.311. The molecule has 0 saturated carbocycles. The van der Waals surface area contributed by atoms with Gasteiger partial charge >= 0.3 is 0 Å². The third kappa shape index (κ3) is 5.05. The number of hydrogen-bond acceptors (Lipinski definition) is 6.